The van der Waals surface area contributed by atoms with E-state index in [0.29, 0.717) is 0 Å². The average molecular weight is 279 g/mol. The van der Waals surface area contributed by atoms with Crippen molar-refractivity contribution in [2.75, 3.05) is 0 Å². The van der Waals surface area contributed by atoms with Gasteiger partial charge in [-0.05, 0) is 40.9 Å². The molecule has 0 atom stereocenters. The molecule has 0 aliphatic heterocycles. The first kappa shape index (κ1) is 11.4. The number of halogens is 1. The van der Waals surface area contributed by atoms with Gasteiger partial charge in [0.05, 0.1) is 12.0 Å². The van der Waals surface area contributed by atoms with Crippen molar-refractivity contribution < 1.29 is 0 Å². The number of hydrogen-bond acceptors (Lipinski definition) is 1. The van der Waals surface area contributed by atoms with Crippen molar-refractivity contribution in [1.29, 1.82) is 0 Å². The molecule has 3 heteroatoms. The predicted molar refractivity (Wildman–Crippen MR) is 69.6 cm³/mol. The van der Waals surface area contributed by atoms with E-state index >= 15 is 0 Å². The zero-order valence-corrected chi connectivity index (χ0v) is 11.4. The molecule has 0 amide bonds. The smallest absolute Gasteiger partial charge is 0.108 e. The van der Waals surface area contributed by atoms with Crippen molar-refractivity contribution >= 4 is 15.9 Å². The third-order valence-corrected chi connectivity index (χ3v) is 3.81. The largest absolute Gasteiger partial charge is 0.328 e. The third kappa shape index (κ3) is 2.19. The van der Waals surface area contributed by atoms with Crippen LogP contribution in [-0.2, 0) is 13.5 Å². The van der Waals surface area contributed by atoms with Crippen LogP contribution in [0.4, 0.5) is 0 Å². The number of hydrogen-bond donors (Lipinski definition) is 0. The Morgan fingerprint density at radius 3 is 2.62 bits per heavy atom. The van der Waals surface area contributed by atoms with E-state index < -0.39 is 0 Å². The van der Waals surface area contributed by atoms with Gasteiger partial charge in [0.25, 0.3) is 0 Å². The van der Waals surface area contributed by atoms with Crippen LogP contribution in [-0.4, -0.2) is 9.55 Å². The Labute approximate surface area is 104 Å². The highest BCUT2D eigenvalue weighted by Crippen LogP contribution is 2.20. The summed E-state index contributed by atoms with van der Waals surface area (Å²) >= 11 is 3.55. The summed E-state index contributed by atoms with van der Waals surface area (Å²) in [5.41, 5.74) is 5.07. The Hall–Kier alpha value is -1.09. The van der Waals surface area contributed by atoms with Gasteiger partial charge in [-0.25, -0.2) is 4.98 Å². The van der Waals surface area contributed by atoms with Crippen LogP contribution in [0.25, 0.3) is 0 Å². The van der Waals surface area contributed by atoms with Gasteiger partial charge < -0.3 is 4.57 Å². The molecule has 1 aromatic carbocycles. The summed E-state index contributed by atoms with van der Waals surface area (Å²) in [7, 11) is 1.99. The van der Waals surface area contributed by atoms with Crippen LogP contribution in [0.1, 0.15) is 22.4 Å². The van der Waals surface area contributed by atoms with E-state index in [-0.39, 0.29) is 0 Å². The molecule has 1 aromatic heterocycles. The molecule has 0 spiro atoms. The summed E-state index contributed by atoms with van der Waals surface area (Å²) < 4.78 is 3.05. The van der Waals surface area contributed by atoms with Crippen molar-refractivity contribution in [2.24, 2.45) is 7.05 Å². The molecule has 0 saturated heterocycles. The second-order valence-electron chi connectivity index (χ2n) is 4.20. The molecular formula is C13H15BrN2. The van der Waals surface area contributed by atoms with E-state index in [2.05, 4.69) is 53.0 Å². The molecule has 0 fully saturated rings. The van der Waals surface area contributed by atoms with E-state index in [4.69, 9.17) is 0 Å². The molecule has 0 aliphatic carbocycles. The van der Waals surface area contributed by atoms with Gasteiger partial charge in [0.1, 0.15) is 4.60 Å². The maximum atomic E-state index is 4.39. The minimum atomic E-state index is 0.882. The molecule has 0 N–H and O–H groups in total. The number of aromatic nitrogens is 2. The van der Waals surface area contributed by atoms with Crippen LogP contribution in [0, 0.1) is 13.8 Å². The number of benzene rings is 1. The lowest BCUT2D eigenvalue weighted by Crippen LogP contribution is -1.94. The second-order valence-corrected chi connectivity index (χ2v) is 4.95. The van der Waals surface area contributed by atoms with E-state index in [1.54, 1.807) is 0 Å². The Morgan fingerprint density at radius 2 is 2.06 bits per heavy atom. The maximum absolute atomic E-state index is 4.39. The molecule has 16 heavy (non-hydrogen) atoms. The summed E-state index contributed by atoms with van der Waals surface area (Å²) in [5, 5.41) is 0. The highest BCUT2D eigenvalue weighted by atomic mass is 79.9. The van der Waals surface area contributed by atoms with Gasteiger partial charge in [-0.3, -0.25) is 0 Å². The SMILES string of the molecule is Cc1ccc(Cc2ncn(C)c2Br)c(C)c1. The zero-order chi connectivity index (χ0) is 11.7. The first-order valence-corrected chi connectivity index (χ1v) is 6.09. The van der Waals surface area contributed by atoms with Crippen LogP contribution in [0.2, 0.25) is 0 Å². The standard InChI is InChI=1S/C13H15BrN2/c1-9-4-5-11(10(2)6-9)7-12-13(14)16(3)8-15-12/h4-6,8H,7H2,1-3H3. The first-order valence-electron chi connectivity index (χ1n) is 5.29. The molecule has 2 nitrogen and oxygen atoms in total. The lowest BCUT2D eigenvalue weighted by atomic mass is 10.0. The predicted octanol–water partition coefficient (Wildman–Crippen LogP) is 3.39. The van der Waals surface area contributed by atoms with E-state index in [0.717, 1.165) is 16.7 Å². The summed E-state index contributed by atoms with van der Waals surface area (Å²) in [6.07, 6.45) is 2.72. The number of rotatable bonds is 2. The first-order chi connectivity index (χ1) is 7.58. The lowest BCUT2D eigenvalue weighted by Gasteiger charge is -2.05. The summed E-state index contributed by atoms with van der Waals surface area (Å²) in [5.74, 6) is 0. The molecule has 1 heterocycles. The van der Waals surface area contributed by atoms with Gasteiger partial charge in [0, 0.05) is 13.5 Å². The summed E-state index contributed by atoms with van der Waals surface area (Å²) in [6, 6.07) is 6.55. The highest BCUT2D eigenvalue weighted by molar-refractivity contribution is 9.10. The minimum absolute atomic E-state index is 0.882. The molecule has 0 radical (unpaired) electrons. The number of imidazole rings is 1. The van der Waals surface area contributed by atoms with Gasteiger partial charge in [0.2, 0.25) is 0 Å². The quantitative estimate of drug-likeness (QED) is 0.824. The summed E-state index contributed by atoms with van der Waals surface area (Å²) in [4.78, 5) is 4.39. The Kier molecular flexibility index (Phi) is 3.15. The number of nitrogens with zero attached hydrogens (tertiary/aromatic N) is 2. The van der Waals surface area contributed by atoms with Crippen molar-refractivity contribution in [3.8, 4) is 0 Å². The monoisotopic (exact) mass is 278 g/mol. The van der Waals surface area contributed by atoms with Gasteiger partial charge in [-0.15, -0.1) is 0 Å². The topological polar surface area (TPSA) is 17.8 Å². The molecule has 84 valence electrons. The molecule has 0 aliphatic rings. The molecule has 0 bridgehead atoms. The lowest BCUT2D eigenvalue weighted by molar-refractivity contribution is 0.887. The second kappa shape index (κ2) is 4.42. The van der Waals surface area contributed by atoms with Crippen LogP contribution < -0.4 is 0 Å². The summed E-state index contributed by atoms with van der Waals surface area (Å²) in [6.45, 7) is 4.27. The Morgan fingerprint density at radius 1 is 1.31 bits per heavy atom. The minimum Gasteiger partial charge on any atom is -0.328 e. The fourth-order valence-corrected chi connectivity index (χ4v) is 2.14. The zero-order valence-electron chi connectivity index (χ0n) is 9.79. The van der Waals surface area contributed by atoms with Crippen molar-refractivity contribution in [2.45, 2.75) is 20.3 Å². The van der Waals surface area contributed by atoms with Gasteiger partial charge in [0.15, 0.2) is 0 Å². The Balaban J connectivity index is 2.30. The highest BCUT2D eigenvalue weighted by Gasteiger charge is 2.08. The van der Waals surface area contributed by atoms with E-state index in [9.17, 15) is 0 Å². The van der Waals surface area contributed by atoms with Gasteiger partial charge in [-0.2, -0.15) is 0 Å². The third-order valence-electron chi connectivity index (χ3n) is 2.79. The van der Waals surface area contributed by atoms with E-state index in [1.807, 2.05) is 17.9 Å². The van der Waals surface area contributed by atoms with Crippen molar-refractivity contribution in [3.05, 3.63) is 51.5 Å². The van der Waals surface area contributed by atoms with Crippen molar-refractivity contribution in [3.63, 3.8) is 0 Å². The van der Waals surface area contributed by atoms with Gasteiger partial charge >= 0.3 is 0 Å². The maximum Gasteiger partial charge on any atom is 0.108 e. The van der Waals surface area contributed by atoms with Crippen LogP contribution >= 0.6 is 15.9 Å². The molecular weight excluding hydrogens is 264 g/mol. The number of aryl methyl sites for hydroxylation is 3. The molecule has 0 unspecified atom stereocenters. The van der Waals surface area contributed by atoms with Crippen LogP contribution in [0.15, 0.2) is 29.1 Å². The fraction of sp³-hybridized carbons (Fsp3) is 0.308. The fourth-order valence-electron chi connectivity index (χ4n) is 1.81. The normalized spacial score (nSPS) is 10.8. The molecule has 2 rings (SSSR count). The molecule has 2 aromatic rings. The van der Waals surface area contributed by atoms with Crippen LogP contribution in [0.3, 0.4) is 0 Å². The Bertz CT molecular complexity index is 515. The average Bonchev–Trinajstić information content (AvgIpc) is 2.54. The van der Waals surface area contributed by atoms with Crippen LogP contribution in [0.5, 0.6) is 0 Å². The van der Waals surface area contributed by atoms with Gasteiger partial charge in [-0.1, -0.05) is 23.8 Å². The molecule has 0 saturated carbocycles. The van der Waals surface area contributed by atoms with E-state index in [1.165, 1.54) is 16.7 Å². The van der Waals surface area contributed by atoms with Crippen molar-refractivity contribution in [1.82, 2.24) is 9.55 Å².